The number of halogens is 1. The van der Waals surface area contributed by atoms with Gasteiger partial charge in [0.2, 0.25) is 0 Å². The van der Waals surface area contributed by atoms with Crippen LogP contribution < -0.4 is 0 Å². The summed E-state index contributed by atoms with van der Waals surface area (Å²) in [5, 5.41) is 0. The number of hydrogen-bond donors (Lipinski definition) is 0. The van der Waals surface area contributed by atoms with Crippen molar-refractivity contribution >= 4 is 11.6 Å². The summed E-state index contributed by atoms with van der Waals surface area (Å²) in [6, 6.07) is 10.4. The normalized spacial score (nSPS) is 25.9. The van der Waals surface area contributed by atoms with Crippen molar-refractivity contribution in [2.75, 3.05) is 5.88 Å². The number of rotatable bonds is 4. The van der Waals surface area contributed by atoms with E-state index in [-0.39, 0.29) is 0 Å². The van der Waals surface area contributed by atoms with Gasteiger partial charge in [-0.2, -0.15) is 0 Å². The third-order valence-corrected chi connectivity index (χ3v) is 2.60. The molecule has 1 nitrogen and oxygen atoms in total. The number of hydrogen-bond acceptors (Lipinski definition) is 1. The predicted molar refractivity (Wildman–Crippen MR) is 54.0 cm³/mol. The molecule has 0 N–H and O–H groups in total. The summed E-state index contributed by atoms with van der Waals surface area (Å²) in [6.45, 7) is 0. The van der Waals surface area contributed by atoms with Gasteiger partial charge in [-0.3, -0.25) is 0 Å². The van der Waals surface area contributed by atoms with E-state index in [9.17, 15) is 0 Å². The molecule has 70 valence electrons. The van der Waals surface area contributed by atoms with Crippen LogP contribution in [0, 0.1) is 0 Å². The molecule has 0 unspecified atom stereocenters. The molecule has 2 heteroatoms. The first-order chi connectivity index (χ1) is 6.42. The Morgan fingerprint density at radius 1 is 1.23 bits per heavy atom. The Morgan fingerprint density at radius 2 is 2.00 bits per heavy atom. The molecule has 0 aliphatic carbocycles. The molecule has 1 heterocycles. The summed E-state index contributed by atoms with van der Waals surface area (Å²) in [5.74, 6) is 0.737. The van der Waals surface area contributed by atoms with Crippen LogP contribution in [0.4, 0.5) is 0 Å². The molecule has 0 aromatic heterocycles. The van der Waals surface area contributed by atoms with Crippen LogP contribution in [0.5, 0.6) is 0 Å². The van der Waals surface area contributed by atoms with Crippen LogP contribution in [0.15, 0.2) is 30.3 Å². The number of benzene rings is 1. The van der Waals surface area contributed by atoms with Crippen molar-refractivity contribution in [3.05, 3.63) is 35.9 Å². The van der Waals surface area contributed by atoms with Gasteiger partial charge in [0, 0.05) is 5.88 Å². The SMILES string of the molecule is ClCCC[C@H]1O[C@H]1c1ccccc1. The van der Waals surface area contributed by atoms with Gasteiger partial charge < -0.3 is 4.74 Å². The van der Waals surface area contributed by atoms with Gasteiger partial charge in [0.1, 0.15) is 6.10 Å². The summed E-state index contributed by atoms with van der Waals surface area (Å²) in [4.78, 5) is 0. The highest BCUT2D eigenvalue weighted by molar-refractivity contribution is 6.17. The fraction of sp³-hybridized carbons (Fsp3) is 0.455. The summed E-state index contributed by atoms with van der Waals surface area (Å²) < 4.78 is 5.55. The van der Waals surface area contributed by atoms with Crippen LogP contribution in [0.1, 0.15) is 24.5 Å². The van der Waals surface area contributed by atoms with Gasteiger partial charge in [-0.25, -0.2) is 0 Å². The maximum atomic E-state index is 5.61. The van der Waals surface area contributed by atoms with Crippen molar-refractivity contribution in [3.8, 4) is 0 Å². The Kier molecular flexibility index (Phi) is 2.87. The van der Waals surface area contributed by atoms with Crippen molar-refractivity contribution in [2.24, 2.45) is 0 Å². The Hall–Kier alpha value is -0.530. The minimum Gasteiger partial charge on any atom is -0.365 e. The topological polar surface area (TPSA) is 12.5 Å². The lowest BCUT2D eigenvalue weighted by atomic mass is 10.1. The summed E-state index contributed by atoms with van der Waals surface area (Å²) in [5.41, 5.74) is 1.29. The minimum absolute atomic E-state index is 0.337. The quantitative estimate of drug-likeness (QED) is 0.533. The molecule has 1 aliphatic heterocycles. The molecule has 0 bridgehead atoms. The van der Waals surface area contributed by atoms with E-state index < -0.39 is 0 Å². The predicted octanol–water partition coefficient (Wildman–Crippen LogP) is 3.15. The summed E-state index contributed by atoms with van der Waals surface area (Å²) in [7, 11) is 0. The molecule has 0 saturated carbocycles. The highest BCUT2D eigenvalue weighted by atomic mass is 35.5. The van der Waals surface area contributed by atoms with E-state index in [1.54, 1.807) is 0 Å². The molecular formula is C11H13ClO. The average Bonchev–Trinajstić information content (AvgIpc) is 2.95. The molecule has 1 aromatic rings. The molecule has 0 radical (unpaired) electrons. The fourth-order valence-corrected chi connectivity index (χ4v) is 1.73. The largest absolute Gasteiger partial charge is 0.365 e. The number of epoxide rings is 1. The number of alkyl halides is 1. The first-order valence-electron chi connectivity index (χ1n) is 4.68. The Morgan fingerprint density at radius 3 is 2.69 bits per heavy atom. The fourth-order valence-electron chi connectivity index (χ4n) is 1.58. The van der Waals surface area contributed by atoms with E-state index in [0.29, 0.717) is 12.2 Å². The van der Waals surface area contributed by atoms with E-state index in [0.717, 1.165) is 18.7 Å². The van der Waals surface area contributed by atoms with Gasteiger partial charge in [-0.05, 0) is 18.4 Å². The standard InChI is InChI=1S/C11H13ClO/c12-8-4-7-10-11(13-10)9-5-2-1-3-6-9/h1-3,5-6,10-11H,4,7-8H2/t10-,11+/m1/s1. The van der Waals surface area contributed by atoms with Gasteiger partial charge in [-0.1, -0.05) is 30.3 Å². The third kappa shape index (κ3) is 2.23. The maximum Gasteiger partial charge on any atom is 0.109 e. The van der Waals surface area contributed by atoms with E-state index in [1.807, 2.05) is 6.07 Å². The first kappa shape index (κ1) is 9.04. The Labute approximate surface area is 83.7 Å². The molecule has 0 spiro atoms. The average molecular weight is 197 g/mol. The van der Waals surface area contributed by atoms with Crippen molar-refractivity contribution in [1.29, 1.82) is 0 Å². The van der Waals surface area contributed by atoms with Gasteiger partial charge >= 0.3 is 0 Å². The smallest absolute Gasteiger partial charge is 0.109 e. The zero-order valence-corrected chi connectivity index (χ0v) is 8.20. The van der Waals surface area contributed by atoms with Gasteiger partial charge in [-0.15, -0.1) is 11.6 Å². The molecule has 1 aliphatic rings. The van der Waals surface area contributed by atoms with Crippen LogP contribution >= 0.6 is 11.6 Å². The summed E-state index contributed by atoms with van der Waals surface area (Å²) >= 11 is 5.61. The van der Waals surface area contributed by atoms with Gasteiger partial charge in [0.25, 0.3) is 0 Å². The second kappa shape index (κ2) is 4.12. The molecular weight excluding hydrogens is 184 g/mol. The second-order valence-electron chi connectivity index (χ2n) is 3.34. The lowest BCUT2D eigenvalue weighted by molar-refractivity contribution is 0.365. The van der Waals surface area contributed by atoms with Crippen molar-refractivity contribution in [1.82, 2.24) is 0 Å². The maximum absolute atomic E-state index is 5.61. The van der Waals surface area contributed by atoms with E-state index >= 15 is 0 Å². The first-order valence-corrected chi connectivity index (χ1v) is 5.21. The Balaban J connectivity index is 1.86. The van der Waals surface area contributed by atoms with E-state index in [4.69, 9.17) is 16.3 Å². The number of ether oxygens (including phenoxy) is 1. The molecule has 1 fully saturated rings. The van der Waals surface area contributed by atoms with E-state index in [1.165, 1.54) is 5.56 Å². The second-order valence-corrected chi connectivity index (χ2v) is 3.71. The molecule has 1 aromatic carbocycles. The molecule has 2 rings (SSSR count). The lowest BCUT2D eigenvalue weighted by Gasteiger charge is -1.93. The highest BCUT2D eigenvalue weighted by Gasteiger charge is 2.38. The Bertz CT molecular complexity index is 260. The lowest BCUT2D eigenvalue weighted by Crippen LogP contribution is -1.89. The zero-order chi connectivity index (χ0) is 9.10. The molecule has 1 saturated heterocycles. The summed E-state index contributed by atoms with van der Waals surface area (Å²) in [6.07, 6.45) is 2.89. The third-order valence-electron chi connectivity index (χ3n) is 2.33. The van der Waals surface area contributed by atoms with Crippen LogP contribution in [0.3, 0.4) is 0 Å². The van der Waals surface area contributed by atoms with Crippen LogP contribution in [-0.2, 0) is 4.74 Å². The van der Waals surface area contributed by atoms with Crippen molar-refractivity contribution < 1.29 is 4.74 Å². The van der Waals surface area contributed by atoms with E-state index in [2.05, 4.69) is 24.3 Å². The van der Waals surface area contributed by atoms with Crippen LogP contribution in [0.25, 0.3) is 0 Å². The molecule has 13 heavy (non-hydrogen) atoms. The van der Waals surface area contributed by atoms with Crippen molar-refractivity contribution in [2.45, 2.75) is 25.0 Å². The molecule has 2 atom stereocenters. The monoisotopic (exact) mass is 196 g/mol. The highest BCUT2D eigenvalue weighted by Crippen LogP contribution is 2.41. The van der Waals surface area contributed by atoms with Crippen LogP contribution in [-0.4, -0.2) is 12.0 Å². The minimum atomic E-state index is 0.337. The van der Waals surface area contributed by atoms with Crippen molar-refractivity contribution in [3.63, 3.8) is 0 Å². The van der Waals surface area contributed by atoms with Gasteiger partial charge in [0.15, 0.2) is 0 Å². The van der Waals surface area contributed by atoms with Gasteiger partial charge in [0.05, 0.1) is 6.10 Å². The zero-order valence-electron chi connectivity index (χ0n) is 7.45. The molecule has 0 amide bonds. The van der Waals surface area contributed by atoms with Crippen LogP contribution in [0.2, 0.25) is 0 Å².